The number of nitrogens with two attached hydrogens (primary N) is 1. The third-order valence-corrected chi connectivity index (χ3v) is 5.56. The van der Waals surface area contributed by atoms with Gasteiger partial charge < -0.3 is 30.0 Å². The zero-order valence-corrected chi connectivity index (χ0v) is 20.6. The molecule has 0 aliphatic heterocycles. The van der Waals surface area contributed by atoms with Crippen molar-refractivity contribution in [1.29, 1.82) is 0 Å². The number of benzene rings is 2. The van der Waals surface area contributed by atoms with Gasteiger partial charge in [-0.25, -0.2) is 4.39 Å². The first-order valence-corrected chi connectivity index (χ1v) is 11.2. The van der Waals surface area contributed by atoms with Crippen molar-refractivity contribution in [1.82, 2.24) is 15.3 Å². The Labute approximate surface area is 215 Å². The first kappa shape index (κ1) is 26.5. The van der Waals surface area contributed by atoms with E-state index < -0.39 is 40.4 Å². The van der Waals surface area contributed by atoms with Gasteiger partial charge in [0.15, 0.2) is 23.1 Å². The minimum atomic E-state index is -1.66. The van der Waals surface area contributed by atoms with Gasteiger partial charge in [0.1, 0.15) is 12.4 Å². The molecular formula is C26H23F3N4O5. The maximum absolute atomic E-state index is 15.6. The Morgan fingerprint density at radius 2 is 1.74 bits per heavy atom. The summed E-state index contributed by atoms with van der Waals surface area (Å²) in [6.07, 6.45) is 2.57. The number of rotatable bonds is 10. The molecule has 4 aromatic rings. The standard InChI is InChI=1S/C26H23F3N4O5/c1-31-9-10-37-18-12-15-14(11-17(18)35-2)16(6-8-32-15)38-25-21(28)20(27)19(24(36-3)22(25)29)23-13(26(30)34)5-4-7-33-23/h4-8,11-12,31H,9-10H2,1-3H3,(H2,30,34). The Hall–Kier alpha value is -4.58. The van der Waals surface area contributed by atoms with Crippen LogP contribution in [0.4, 0.5) is 13.2 Å². The molecule has 12 heteroatoms. The highest BCUT2D eigenvalue weighted by molar-refractivity contribution is 5.99. The van der Waals surface area contributed by atoms with Gasteiger partial charge in [-0.15, -0.1) is 0 Å². The summed E-state index contributed by atoms with van der Waals surface area (Å²) in [6, 6.07) is 7.08. The molecule has 2 aromatic carbocycles. The fourth-order valence-corrected chi connectivity index (χ4v) is 3.78. The summed E-state index contributed by atoms with van der Waals surface area (Å²) >= 11 is 0. The molecule has 0 aliphatic carbocycles. The fraction of sp³-hybridized carbons (Fsp3) is 0.192. The molecule has 3 N–H and O–H groups in total. The first-order valence-electron chi connectivity index (χ1n) is 11.2. The molecule has 0 bridgehead atoms. The summed E-state index contributed by atoms with van der Waals surface area (Å²) in [5.74, 6) is -6.65. The van der Waals surface area contributed by atoms with Crippen molar-refractivity contribution >= 4 is 16.8 Å². The van der Waals surface area contributed by atoms with Crippen LogP contribution < -0.4 is 30.0 Å². The van der Waals surface area contributed by atoms with Gasteiger partial charge in [-0.3, -0.25) is 14.8 Å². The SMILES string of the molecule is CNCCOc1cc2nccc(Oc3c(F)c(F)c(-c4ncccc4C(N)=O)c(OC)c3F)c2cc1OC. The number of amides is 1. The highest BCUT2D eigenvalue weighted by Crippen LogP contribution is 2.45. The van der Waals surface area contributed by atoms with Crippen molar-refractivity contribution < 1.29 is 36.9 Å². The molecule has 0 spiro atoms. The topological polar surface area (TPSA) is 118 Å². The number of fused-ring (bicyclic) bond motifs is 1. The van der Waals surface area contributed by atoms with E-state index >= 15 is 13.2 Å². The Kier molecular flexibility index (Phi) is 7.82. The molecule has 198 valence electrons. The summed E-state index contributed by atoms with van der Waals surface area (Å²) in [5.41, 5.74) is 4.36. The molecule has 0 fully saturated rings. The number of pyridine rings is 2. The second-order valence-electron chi connectivity index (χ2n) is 7.83. The second kappa shape index (κ2) is 11.2. The maximum Gasteiger partial charge on any atom is 0.250 e. The number of nitrogens with zero attached hydrogens (tertiary/aromatic N) is 2. The number of likely N-dealkylation sites (N-methyl/N-ethyl adjacent to an activating group) is 1. The number of primary amides is 1. The van der Waals surface area contributed by atoms with Gasteiger partial charge >= 0.3 is 0 Å². The van der Waals surface area contributed by atoms with Crippen LogP contribution in [-0.4, -0.2) is 50.3 Å². The molecule has 0 radical (unpaired) electrons. The fourth-order valence-electron chi connectivity index (χ4n) is 3.78. The number of hydrogen-bond acceptors (Lipinski definition) is 8. The molecule has 0 atom stereocenters. The van der Waals surface area contributed by atoms with Gasteiger partial charge in [0.05, 0.1) is 36.6 Å². The number of ether oxygens (including phenoxy) is 4. The van der Waals surface area contributed by atoms with Crippen LogP contribution in [0.5, 0.6) is 28.7 Å². The van der Waals surface area contributed by atoms with E-state index in [1.165, 1.54) is 43.8 Å². The average Bonchev–Trinajstić information content (AvgIpc) is 2.92. The molecule has 9 nitrogen and oxygen atoms in total. The third-order valence-electron chi connectivity index (χ3n) is 5.56. The van der Waals surface area contributed by atoms with Gasteiger partial charge in [-0.05, 0) is 31.3 Å². The van der Waals surface area contributed by atoms with Crippen LogP contribution in [-0.2, 0) is 0 Å². The summed E-state index contributed by atoms with van der Waals surface area (Å²) in [7, 11) is 4.26. The number of aromatic nitrogens is 2. The normalized spacial score (nSPS) is 10.9. The second-order valence-corrected chi connectivity index (χ2v) is 7.83. The van der Waals surface area contributed by atoms with Crippen LogP contribution >= 0.6 is 0 Å². The summed E-state index contributed by atoms with van der Waals surface area (Å²) in [6.45, 7) is 0.934. The minimum absolute atomic E-state index is 0.0438. The summed E-state index contributed by atoms with van der Waals surface area (Å²) in [4.78, 5) is 20.0. The molecular weight excluding hydrogens is 505 g/mol. The zero-order chi connectivity index (χ0) is 27.4. The summed E-state index contributed by atoms with van der Waals surface area (Å²) in [5, 5.41) is 3.27. The van der Waals surface area contributed by atoms with Crippen molar-refractivity contribution in [2.24, 2.45) is 5.73 Å². The van der Waals surface area contributed by atoms with Crippen LogP contribution in [0.1, 0.15) is 10.4 Å². The Morgan fingerprint density at radius 1 is 0.947 bits per heavy atom. The molecule has 0 aliphatic rings. The van der Waals surface area contributed by atoms with Crippen molar-refractivity contribution in [2.45, 2.75) is 0 Å². The number of carbonyl (C=O) groups excluding carboxylic acids is 1. The van der Waals surface area contributed by atoms with Gasteiger partial charge in [-0.1, -0.05) is 0 Å². The van der Waals surface area contributed by atoms with Gasteiger partial charge in [0, 0.05) is 30.4 Å². The number of hydrogen-bond donors (Lipinski definition) is 2. The van der Waals surface area contributed by atoms with Crippen LogP contribution in [0.3, 0.4) is 0 Å². The molecule has 0 unspecified atom stereocenters. The largest absolute Gasteiger partial charge is 0.493 e. The van der Waals surface area contributed by atoms with Gasteiger partial charge in [0.25, 0.3) is 5.91 Å². The Morgan fingerprint density at radius 3 is 2.42 bits per heavy atom. The highest BCUT2D eigenvalue weighted by atomic mass is 19.2. The van der Waals surface area contributed by atoms with Crippen molar-refractivity contribution in [3.63, 3.8) is 0 Å². The number of nitrogens with one attached hydrogen (secondary N) is 1. The molecule has 0 saturated carbocycles. The average molecular weight is 528 g/mol. The van der Waals surface area contributed by atoms with Gasteiger partial charge in [0.2, 0.25) is 17.4 Å². The van der Waals surface area contributed by atoms with E-state index in [0.717, 1.165) is 7.11 Å². The zero-order valence-electron chi connectivity index (χ0n) is 20.6. The Balaban J connectivity index is 1.84. The number of halogens is 3. The Bertz CT molecular complexity index is 1520. The molecule has 0 saturated heterocycles. The molecule has 2 heterocycles. The van der Waals surface area contributed by atoms with Crippen LogP contribution in [0.15, 0.2) is 42.7 Å². The number of methoxy groups -OCH3 is 2. The van der Waals surface area contributed by atoms with Gasteiger partial charge in [-0.2, -0.15) is 8.78 Å². The maximum atomic E-state index is 15.6. The quantitative estimate of drug-likeness (QED) is 0.232. The lowest BCUT2D eigenvalue weighted by Crippen LogP contribution is -2.16. The predicted octanol–water partition coefficient (Wildman–Crippen LogP) is 4.22. The molecule has 2 aromatic heterocycles. The van der Waals surface area contributed by atoms with E-state index in [0.29, 0.717) is 35.6 Å². The van der Waals surface area contributed by atoms with E-state index in [4.69, 9.17) is 24.7 Å². The molecule has 4 rings (SSSR count). The summed E-state index contributed by atoms with van der Waals surface area (Å²) < 4.78 is 68.0. The monoisotopic (exact) mass is 528 g/mol. The van der Waals surface area contributed by atoms with E-state index in [9.17, 15) is 4.79 Å². The smallest absolute Gasteiger partial charge is 0.250 e. The van der Waals surface area contributed by atoms with Crippen molar-refractivity contribution in [3.8, 4) is 40.0 Å². The van der Waals surface area contributed by atoms with Crippen molar-refractivity contribution in [2.75, 3.05) is 34.4 Å². The van der Waals surface area contributed by atoms with Crippen LogP contribution in [0.25, 0.3) is 22.2 Å². The predicted molar refractivity (Wildman–Crippen MR) is 132 cm³/mol. The molecule has 38 heavy (non-hydrogen) atoms. The lowest BCUT2D eigenvalue weighted by molar-refractivity contribution is 0.100. The van der Waals surface area contributed by atoms with Crippen LogP contribution in [0, 0.1) is 17.5 Å². The van der Waals surface area contributed by atoms with Crippen molar-refractivity contribution in [3.05, 3.63) is 65.7 Å². The first-order chi connectivity index (χ1) is 18.3. The lowest BCUT2D eigenvalue weighted by atomic mass is 10.0. The third kappa shape index (κ3) is 4.85. The number of carbonyl (C=O) groups is 1. The van der Waals surface area contributed by atoms with E-state index in [1.54, 1.807) is 13.1 Å². The van der Waals surface area contributed by atoms with Crippen LogP contribution in [0.2, 0.25) is 0 Å². The minimum Gasteiger partial charge on any atom is -0.493 e. The van der Waals surface area contributed by atoms with E-state index in [2.05, 4.69) is 15.3 Å². The van der Waals surface area contributed by atoms with E-state index in [1.807, 2.05) is 0 Å². The lowest BCUT2D eigenvalue weighted by Gasteiger charge is -2.17. The molecule has 1 amide bonds. The highest BCUT2D eigenvalue weighted by Gasteiger charge is 2.31. The van der Waals surface area contributed by atoms with E-state index in [-0.39, 0.29) is 17.0 Å².